The van der Waals surface area contributed by atoms with E-state index in [-0.39, 0.29) is 23.8 Å². The molecule has 0 bridgehead atoms. The number of likely N-dealkylation sites (N-methyl/N-ethyl adjacent to an activating group) is 1. The summed E-state index contributed by atoms with van der Waals surface area (Å²) in [5.41, 5.74) is 6.11. The molecule has 0 radical (unpaired) electrons. The molecule has 1 amide bonds. The monoisotopic (exact) mass is 271 g/mol. The predicted octanol–water partition coefficient (Wildman–Crippen LogP) is 0.506. The molecule has 0 fully saturated rings. The molecule has 0 saturated heterocycles. The predicted molar refractivity (Wildman–Crippen MR) is 72.7 cm³/mol. The highest BCUT2D eigenvalue weighted by Gasteiger charge is 2.14. The fourth-order valence-electron chi connectivity index (χ4n) is 1.77. The molecule has 1 aromatic rings. The number of nitrogen functional groups attached to an aromatic ring is 1. The van der Waals surface area contributed by atoms with Gasteiger partial charge in [0, 0.05) is 19.3 Å². The number of rotatable bonds is 8. The Balaban J connectivity index is 2.49. The first-order valence-electron chi connectivity index (χ1n) is 6.51. The lowest BCUT2D eigenvalue weighted by atomic mass is 10.3. The Kier molecular flexibility index (Phi) is 6.27. The van der Waals surface area contributed by atoms with Crippen molar-refractivity contribution in [3.63, 3.8) is 0 Å². The third-order valence-corrected chi connectivity index (χ3v) is 2.93. The van der Waals surface area contributed by atoms with Gasteiger partial charge in [-0.25, -0.2) is 4.39 Å². The van der Waals surface area contributed by atoms with Gasteiger partial charge in [0.15, 0.2) is 5.69 Å². The first kappa shape index (κ1) is 15.4. The topological polar surface area (TPSA) is 76.2 Å². The van der Waals surface area contributed by atoms with Crippen LogP contribution < -0.4 is 11.1 Å². The zero-order valence-corrected chi connectivity index (χ0v) is 11.5. The molecule has 0 aromatic carbocycles. The summed E-state index contributed by atoms with van der Waals surface area (Å²) < 4.78 is 13.5. The summed E-state index contributed by atoms with van der Waals surface area (Å²) in [7, 11) is 0. The van der Waals surface area contributed by atoms with E-state index >= 15 is 0 Å². The van der Waals surface area contributed by atoms with Crippen LogP contribution in [0.3, 0.4) is 0 Å². The van der Waals surface area contributed by atoms with Crippen LogP contribution in [0.25, 0.3) is 0 Å². The molecule has 0 unspecified atom stereocenters. The van der Waals surface area contributed by atoms with Crippen molar-refractivity contribution in [2.75, 3.05) is 38.6 Å². The molecule has 3 N–H and O–H groups in total. The normalized spacial score (nSPS) is 10.9. The number of hydrogen-bond donors (Lipinski definition) is 2. The summed E-state index contributed by atoms with van der Waals surface area (Å²) in [5.74, 6) is -0.317. The Morgan fingerprint density at radius 1 is 1.53 bits per heavy atom. The van der Waals surface area contributed by atoms with Crippen molar-refractivity contribution in [1.82, 2.24) is 20.0 Å². The number of amides is 1. The Morgan fingerprint density at radius 3 is 2.79 bits per heavy atom. The molecule has 0 atom stereocenters. The fourth-order valence-corrected chi connectivity index (χ4v) is 1.77. The minimum atomic E-state index is -0.538. The lowest BCUT2D eigenvalue weighted by Crippen LogP contribution is -2.35. The standard InChI is InChI=1S/C12H22FN5O/c1-3-17(4-2)8-6-15-12(19)11-10(14)9-18(16-11)7-5-13/h9H,3-8,14H2,1-2H3,(H,15,19). The van der Waals surface area contributed by atoms with Crippen molar-refractivity contribution in [3.05, 3.63) is 11.9 Å². The summed E-state index contributed by atoms with van der Waals surface area (Å²) in [5, 5.41) is 6.73. The Hall–Kier alpha value is -1.63. The Bertz CT molecular complexity index is 403. The van der Waals surface area contributed by atoms with Crippen molar-refractivity contribution in [2.24, 2.45) is 0 Å². The van der Waals surface area contributed by atoms with Crippen molar-refractivity contribution in [2.45, 2.75) is 20.4 Å². The van der Waals surface area contributed by atoms with Crippen molar-refractivity contribution >= 4 is 11.6 Å². The van der Waals surface area contributed by atoms with Crippen LogP contribution in [-0.2, 0) is 6.54 Å². The summed E-state index contributed by atoms with van der Waals surface area (Å²) in [4.78, 5) is 14.1. The molecule has 108 valence electrons. The van der Waals surface area contributed by atoms with E-state index < -0.39 is 6.67 Å². The van der Waals surface area contributed by atoms with E-state index in [4.69, 9.17) is 5.73 Å². The summed E-state index contributed by atoms with van der Waals surface area (Å²) >= 11 is 0. The molecule has 0 aliphatic carbocycles. The number of carbonyl (C=O) groups is 1. The maximum Gasteiger partial charge on any atom is 0.273 e. The molecule has 0 spiro atoms. The van der Waals surface area contributed by atoms with Crippen molar-refractivity contribution < 1.29 is 9.18 Å². The maximum absolute atomic E-state index is 12.2. The molecule has 0 aliphatic rings. The van der Waals surface area contributed by atoms with E-state index in [1.807, 2.05) is 0 Å². The number of anilines is 1. The first-order valence-corrected chi connectivity index (χ1v) is 6.51. The van der Waals surface area contributed by atoms with Crippen LogP contribution in [-0.4, -0.2) is 53.4 Å². The van der Waals surface area contributed by atoms with Crippen LogP contribution in [0.5, 0.6) is 0 Å². The van der Waals surface area contributed by atoms with E-state index in [0.717, 1.165) is 19.6 Å². The van der Waals surface area contributed by atoms with Gasteiger partial charge in [-0.15, -0.1) is 0 Å². The molecule has 7 heteroatoms. The number of nitrogens with two attached hydrogens (primary N) is 1. The lowest BCUT2D eigenvalue weighted by Gasteiger charge is -2.17. The number of aromatic nitrogens is 2. The van der Waals surface area contributed by atoms with Gasteiger partial charge in [0.2, 0.25) is 0 Å². The largest absolute Gasteiger partial charge is 0.396 e. The third-order valence-electron chi connectivity index (χ3n) is 2.93. The molecule has 6 nitrogen and oxygen atoms in total. The number of nitrogens with one attached hydrogen (secondary N) is 1. The van der Waals surface area contributed by atoms with Crippen LogP contribution in [0.1, 0.15) is 24.3 Å². The highest BCUT2D eigenvalue weighted by Crippen LogP contribution is 2.08. The Morgan fingerprint density at radius 2 is 2.21 bits per heavy atom. The van der Waals surface area contributed by atoms with E-state index in [0.29, 0.717) is 6.54 Å². The van der Waals surface area contributed by atoms with Crippen LogP contribution in [0.2, 0.25) is 0 Å². The zero-order valence-electron chi connectivity index (χ0n) is 11.5. The van der Waals surface area contributed by atoms with Gasteiger partial charge in [0.1, 0.15) is 6.67 Å². The SMILES string of the molecule is CCN(CC)CCNC(=O)c1nn(CCF)cc1N. The average molecular weight is 271 g/mol. The van der Waals surface area contributed by atoms with Gasteiger partial charge in [-0.05, 0) is 13.1 Å². The van der Waals surface area contributed by atoms with Crippen LogP contribution >= 0.6 is 0 Å². The van der Waals surface area contributed by atoms with Crippen LogP contribution in [0, 0.1) is 0 Å². The average Bonchev–Trinajstić information content (AvgIpc) is 2.76. The molecule has 0 aliphatic heterocycles. The molecular formula is C12H22FN5O. The van der Waals surface area contributed by atoms with Gasteiger partial charge in [0.25, 0.3) is 5.91 Å². The van der Waals surface area contributed by atoms with Gasteiger partial charge >= 0.3 is 0 Å². The van der Waals surface area contributed by atoms with Gasteiger partial charge in [-0.2, -0.15) is 5.10 Å². The highest BCUT2D eigenvalue weighted by molar-refractivity contribution is 5.96. The molecule has 1 heterocycles. The number of hydrogen-bond acceptors (Lipinski definition) is 4. The number of nitrogens with zero attached hydrogens (tertiary/aromatic N) is 3. The van der Waals surface area contributed by atoms with Crippen molar-refractivity contribution in [3.8, 4) is 0 Å². The lowest BCUT2D eigenvalue weighted by molar-refractivity contribution is 0.0943. The quantitative estimate of drug-likeness (QED) is 0.722. The van der Waals surface area contributed by atoms with E-state index in [1.165, 1.54) is 10.9 Å². The van der Waals surface area contributed by atoms with Gasteiger partial charge in [0.05, 0.1) is 12.2 Å². The summed E-state index contributed by atoms with van der Waals surface area (Å²) in [6.45, 7) is 6.92. The van der Waals surface area contributed by atoms with E-state index in [9.17, 15) is 9.18 Å². The van der Waals surface area contributed by atoms with Gasteiger partial charge in [-0.1, -0.05) is 13.8 Å². The van der Waals surface area contributed by atoms with Crippen LogP contribution in [0.4, 0.5) is 10.1 Å². The number of alkyl halides is 1. The minimum Gasteiger partial charge on any atom is -0.396 e. The molecular weight excluding hydrogens is 249 g/mol. The zero-order chi connectivity index (χ0) is 14.3. The molecule has 1 aromatic heterocycles. The number of carbonyl (C=O) groups excluding carboxylic acids is 1. The second kappa shape index (κ2) is 7.73. The maximum atomic E-state index is 12.2. The molecule has 19 heavy (non-hydrogen) atoms. The highest BCUT2D eigenvalue weighted by atomic mass is 19.1. The second-order valence-electron chi connectivity index (χ2n) is 4.17. The summed E-state index contributed by atoms with van der Waals surface area (Å²) in [6, 6.07) is 0. The van der Waals surface area contributed by atoms with Gasteiger partial charge < -0.3 is 16.0 Å². The van der Waals surface area contributed by atoms with Crippen LogP contribution in [0.15, 0.2) is 6.20 Å². The second-order valence-corrected chi connectivity index (χ2v) is 4.17. The Labute approximate surface area is 112 Å². The molecule has 1 rings (SSSR count). The van der Waals surface area contributed by atoms with Gasteiger partial charge in [-0.3, -0.25) is 9.48 Å². The fraction of sp³-hybridized carbons (Fsp3) is 0.667. The molecule has 0 saturated carbocycles. The minimum absolute atomic E-state index is 0.108. The van der Waals surface area contributed by atoms with E-state index in [1.54, 1.807) is 0 Å². The van der Waals surface area contributed by atoms with Crippen molar-refractivity contribution in [1.29, 1.82) is 0 Å². The number of aryl methyl sites for hydroxylation is 1. The first-order chi connectivity index (χ1) is 9.12. The third kappa shape index (κ3) is 4.51. The smallest absolute Gasteiger partial charge is 0.273 e. The number of halogens is 1. The van der Waals surface area contributed by atoms with E-state index in [2.05, 4.69) is 29.2 Å². The summed E-state index contributed by atoms with van der Waals surface area (Å²) in [6.07, 6.45) is 1.47.